The maximum atomic E-state index is 6.24. The molecule has 0 bridgehead atoms. The first-order valence-corrected chi connectivity index (χ1v) is 7.94. The van der Waals surface area contributed by atoms with Gasteiger partial charge in [0.05, 0.1) is 0 Å². The van der Waals surface area contributed by atoms with Crippen LogP contribution >= 0.6 is 34.8 Å². The highest BCUT2D eigenvalue weighted by Crippen LogP contribution is 2.28. The summed E-state index contributed by atoms with van der Waals surface area (Å²) >= 11 is 18.6. The minimum atomic E-state index is 0.329. The summed E-state index contributed by atoms with van der Waals surface area (Å²) in [5.74, 6) is 0.922. The van der Waals surface area contributed by atoms with E-state index in [1.165, 1.54) is 11.1 Å². The zero-order chi connectivity index (χ0) is 14.5. The Morgan fingerprint density at radius 3 is 2.15 bits per heavy atom. The highest BCUT2D eigenvalue weighted by atomic mass is 35.5. The predicted octanol–water partition coefficient (Wildman–Crippen LogP) is 5.94. The Morgan fingerprint density at radius 2 is 1.55 bits per heavy atom. The predicted molar refractivity (Wildman–Crippen MR) is 89.3 cm³/mol. The number of halogens is 3. The molecule has 0 radical (unpaired) electrons. The first-order chi connectivity index (χ1) is 9.61. The van der Waals surface area contributed by atoms with Gasteiger partial charge in [-0.15, -0.1) is 11.6 Å². The van der Waals surface area contributed by atoms with Crippen LogP contribution in [-0.2, 0) is 12.8 Å². The van der Waals surface area contributed by atoms with Crippen LogP contribution in [-0.4, -0.2) is 5.88 Å². The number of aryl methyl sites for hydroxylation is 1. The molecule has 0 aliphatic carbocycles. The third-order valence-corrected chi connectivity index (χ3v) is 4.69. The van der Waals surface area contributed by atoms with Crippen LogP contribution in [0.15, 0.2) is 42.5 Å². The van der Waals surface area contributed by atoms with E-state index in [0.717, 1.165) is 28.5 Å². The fourth-order valence-corrected chi connectivity index (χ4v) is 3.12. The highest BCUT2D eigenvalue weighted by Gasteiger charge is 2.15. The van der Waals surface area contributed by atoms with E-state index in [0.29, 0.717) is 11.8 Å². The lowest BCUT2D eigenvalue weighted by Gasteiger charge is -2.17. The van der Waals surface area contributed by atoms with Crippen molar-refractivity contribution in [1.29, 1.82) is 0 Å². The van der Waals surface area contributed by atoms with E-state index < -0.39 is 0 Å². The molecule has 0 saturated heterocycles. The van der Waals surface area contributed by atoms with Crippen molar-refractivity contribution in [2.75, 3.05) is 5.88 Å². The van der Waals surface area contributed by atoms with Crippen LogP contribution < -0.4 is 0 Å². The van der Waals surface area contributed by atoms with Crippen LogP contribution in [0.2, 0.25) is 10.0 Å². The molecule has 0 aliphatic rings. The van der Waals surface area contributed by atoms with Gasteiger partial charge in [-0.25, -0.2) is 0 Å². The molecule has 2 rings (SSSR count). The Labute approximate surface area is 135 Å². The zero-order valence-electron chi connectivity index (χ0n) is 11.4. The second-order valence-corrected chi connectivity index (χ2v) is 6.18. The van der Waals surface area contributed by atoms with Gasteiger partial charge in [0.15, 0.2) is 0 Å². The Hall–Kier alpha value is -0.690. The van der Waals surface area contributed by atoms with E-state index in [1.54, 1.807) is 0 Å². The third-order valence-electron chi connectivity index (χ3n) is 3.54. The van der Waals surface area contributed by atoms with Gasteiger partial charge in [-0.1, -0.05) is 53.5 Å². The molecule has 3 heteroatoms. The number of hydrogen-bond donors (Lipinski definition) is 0. The van der Waals surface area contributed by atoms with Gasteiger partial charge in [-0.2, -0.15) is 0 Å². The summed E-state index contributed by atoms with van der Waals surface area (Å²) in [5.41, 5.74) is 3.63. The summed E-state index contributed by atoms with van der Waals surface area (Å²) in [6, 6.07) is 14.0. The van der Waals surface area contributed by atoms with Crippen LogP contribution in [0.25, 0.3) is 0 Å². The van der Waals surface area contributed by atoms with E-state index in [1.807, 2.05) is 18.2 Å². The molecule has 0 aliphatic heterocycles. The van der Waals surface area contributed by atoms with Gasteiger partial charge < -0.3 is 0 Å². The van der Waals surface area contributed by atoms with Crippen molar-refractivity contribution in [3.8, 4) is 0 Å². The Bertz CT molecular complexity index is 558. The lowest BCUT2D eigenvalue weighted by Crippen LogP contribution is -2.11. The van der Waals surface area contributed by atoms with Gasteiger partial charge >= 0.3 is 0 Å². The Balaban J connectivity index is 2.16. The average Bonchev–Trinajstić information content (AvgIpc) is 2.44. The van der Waals surface area contributed by atoms with Crippen LogP contribution in [0, 0.1) is 12.8 Å². The number of hydrogen-bond acceptors (Lipinski definition) is 0. The van der Waals surface area contributed by atoms with Crippen molar-refractivity contribution in [2.45, 2.75) is 19.8 Å². The molecule has 2 aromatic rings. The summed E-state index contributed by atoms with van der Waals surface area (Å²) in [7, 11) is 0. The van der Waals surface area contributed by atoms with Crippen molar-refractivity contribution >= 4 is 34.8 Å². The monoisotopic (exact) mass is 326 g/mol. The number of alkyl halides is 1. The Kier molecular flexibility index (Phi) is 5.77. The lowest BCUT2D eigenvalue weighted by atomic mass is 9.92. The first kappa shape index (κ1) is 15.7. The SMILES string of the molecule is Cc1ccccc1CC(CCl)Cc1c(Cl)cccc1Cl. The van der Waals surface area contributed by atoms with Gasteiger partial charge in [0, 0.05) is 15.9 Å². The highest BCUT2D eigenvalue weighted by molar-refractivity contribution is 6.36. The number of rotatable bonds is 5. The standard InChI is InChI=1S/C17H17Cl3/c1-12-5-2-3-6-14(12)9-13(11-18)10-15-16(19)7-4-8-17(15)20/h2-8,13H,9-11H2,1H3. The van der Waals surface area contributed by atoms with Gasteiger partial charge in [0.2, 0.25) is 0 Å². The summed E-state index contributed by atoms with van der Waals surface area (Å²) in [6.45, 7) is 2.13. The fourth-order valence-electron chi connectivity index (χ4n) is 2.35. The molecule has 0 saturated carbocycles. The van der Waals surface area contributed by atoms with Crippen molar-refractivity contribution in [3.63, 3.8) is 0 Å². The van der Waals surface area contributed by atoms with Gasteiger partial charge in [-0.3, -0.25) is 0 Å². The zero-order valence-corrected chi connectivity index (χ0v) is 13.6. The molecule has 1 unspecified atom stereocenters. The molecular weight excluding hydrogens is 311 g/mol. The largest absolute Gasteiger partial charge is 0.126 e. The van der Waals surface area contributed by atoms with Gasteiger partial charge in [-0.05, 0) is 54.5 Å². The van der Waals surface area contributed by atoms with Crippen LogP contribution in [0.5, 0.6) is 0 Å². The van der Waals surface area contributed by atoms with E-state index in [9.17, 15) is 0 Å². The molecule has 0 aromatic heterocycles. The Morgan fingerprint density at radius 1 is 0.900 bits per heavy atom. The van der Waals surface area contributed by atoms with Crippen molar-refractivity contribution < 1.29 is 0 Å². The maximum Gasteiger partial charge on any atom is 0.0452 e. The minimum Gasteiger partial charge on any atom is -0.126 e. The summed E-state index contributed by atoms with van der Waals surface area (Å²) in [6.07, 6.45) is 1.74. The van der Waals surface area contributed by atoms with Crippen LogP contribution in [0.1, 0.15) is 16.7 Å². The van der Waals surface area contributed by atoms with Crippen molar-refractivity contribution in [1.82, 2.24) is 0 Å². The summed E-state index contributed by atoms with van der Waals surface area (Å²) in [5, 5.41) is 1.44. The normalized spacial score (nSPS) is 12.4. The molecule has 2 aromatic carbocycles. The van der Waals surface area contributed by atoms with Gasteiger partial charge in [0.1, 0.15) is 0 Å². The molecule has 0 nitrogen and oxygen atoms in total. The maximum absolute atomic E-state index is 6.24. The molecule has 0 spiro atoms. The topological polar surface area (TPSA) is 0 Å². The second-order valence-electron chi connectivity index (χ2n) is 5.06. The molecule has 20 heavy (non-hydrogen) atoms. The van der Waals surface area contributed by atoms with Crippen molar-refractivity contribution in [3.05, 3.63) is 69.2 Å². The van der Waals surface area contributed by atoms with E-state index in [4.69, 9.17) is 34.8 Å². The van der Waals surface area contributed by atoms with E-state index in [2.05, 4.69) is 31.2 Å². The quantitative estimate of drug-likeness (QED) is 0.596. The molecule has 0 amide bonds. The minimum absolute atomic E-state index is 0.329. The van der Waals surface area contributed by atoms with Gasteiger partial charge in [0.25, 0.3) is 0 Å². The van der Waals surface area contributed by atoms with E-state index >= 15 is 0 Å². The molecule has 0 N–H and O–H groups in total. The molecule has 1 atom stereocenters. The van der Waals surface area contributed by atoms with Crippen LogP contribution in [0.4, 0.5) is 0 Å². The molecule has 106 valence electrons. The van der Waals surface area contributed by atoms with E-state index in [-0.39, 0.29) is 0 Å². The smallest absolute Gasteiger partial charge is 0.0452 e. The first-order valence-electron chi connectivity index (χ1n) is 6.65. The fraction of sp³-hybridized carbons (Fsp3) is 0.294. The molecule has 0 heterocycles. The summed E-state index contributed by atoms with van der Waals surface area (Å²) < 4.78 is 0. The molecular formula is C17H17Cl3. The van der Waals surface area contributed by atoms with Crippen molar-refractivity contribution in [2.24, 2.45) is 5.92 Å². The summed E-state index contributed by atoms with van der Waals surface area (Å²) in [4.78, 5) is 0. The number of benzene rings is 2. The van der Waals surface area contributed by atoms with Crippen LogP contribution in [0.3, 0.4) is 0 Å². The third kappa shape index (κ3) is 3.91. The second kappa shape index (κ2) is 7.36. The molecule has 0 fully saturated rings. The average molecular weight is 328 g/mol. The lowest BCUT2D eigenvalue weighted by molar-refractivity contribution is 0.582.